The van der Waals surface area contributed by atoms with E-state index in [1.165, 1.54) is 11.1 Å². The van der Waals surface area contributed by atoms with Crippen molar-refractivity contribution in [3.05, 3.63) is 103 Å². The first-order chi connectivity index (χ1) is 15.7. The highest BCUT2D eigenvalue weighted by Gasteiger charge is 2.16. The van der Waals surface area contributed by atoms with E-state index in [0.717, 1.165) is 28.0 Å². The molecule has 0 aliphatic rings. The molecule has 0 bridgehead atoms. The predicted molar refractivity (Wildman–Crippen MR) is 130 cm³/mol. The predicted octanol–water partition coefficient (Wildman–Crippen LogP) is 6.19. The van der Waals surface area contributed by atoms with Gasteiger partial charge in [-0.25, -0.2) is 9.50 Å². The summed E-state index contributed by atoms with van der Waals surface area (Å²) >= 11 is 0. The van der Waals surface area contributed by atoms with Crippen LogP contribution in [0.15, 0.2) is 91.4 Å². The molecule has 0 radical (unpaired) electrons. The molecule has 158 valence electrons. The highest BCUT2D eigenvalue weighted by atomic mass is 15.3. The number of nitrogens with one attached hydrogen (secondary N) is 1. The second-order valence-corrected chi connectivity index (χ2v) is 8.17. The molecule has 2 aromatic carbocycles. The number of rotatable bonds is 6. The van der Waals surface area contributed by atoms with Crippen molar-refractivity contribution >= 4 is 11.3 Å². The maximum absolute atomic E-state index is 4.96. The first-order valence-electron chi connectivity index (χ1n) is 10.9. The number of hydrogen-bond acceptors (Lipinski definition) is 4. The second kappa shape index (κ2) is 8.63. The lowest BCUT2D eigenvalue weighted by Gasteiger charge is -2.12. The van der Waals surface area contributed by atoms with Crippen molar-refractivity contribution in [1.29, 1.82) is 0 Å². The van der Waals surface area contributed by atoms with Gasteiger partial charge in [0.05, 0.1) is 0 Å². The quantitative estimate of drug-likeness (QED) is 0.356. The number of hydrogen-bond donors (Lipinski definition) is 1. The lowest BCUT2D eigenvalue weighted by molar-refractivity contribution is 0.856. The summed E-state index contributed by atoms with van der Waals surface area (Å²) in [6.07, 6.45) is 5.73. The van der Waals surface area contributed by atoms with E-state index < -0.39 is 0 Å². The largest absolute Gasteiger partial charge is 0.364 e. The summed E-state index contributed by atoms with van der Waals surface area (Å²) in [5.41, 5.74) is 6.48. The van der Waals surface area contributed by atoms with Crippen molar-refractivity contribution in [1.82, 2.24) is 19.6 Å². The number of nitrogens with zero attached hydrogens (tertiary/aromatic N) is 4. The fraction of sp³-hybridized carbons (Fsp3) is 0.148. The Balaban J connectivity index is 1.63. The van der Waals surface area contributed by atoms with Crippen LogP contribution < -0.4 is 5.32 Å². The molecule has 5 rings (SSSR count). The third-order valence-electron chi connectivity index (χ3n) is 5.58. The van der Waals surface area contributed by atoms with Crippen LogP contribution in [0.25, 0.3) is 28.0 Å². The molecular formula is C27H25N5. The molecule has 3 aromatic heterocycles. The van der Waals surface area contributed by atoms with E-state index in [2.05, 4.69) is 60.5 Å². The Kier molecular flexibility index (Phi) is 5.38. The molecule has 1 N–H and O–H groups in total. The van der Waals surface area contributed by atoms with Gasteiger partial charge in [-0.1, -0.05) is 74.5 Å². The lowest BCUT2D eigenvalue weighted by Crippen LogP contribution is -2.07. The maximum Gasteiger partial charge on any atom is 0.183 e. The molecule has 0 fully saturated rings. The highest BCUT2D eigenvalue weighted by molar-refractivity contribution is 5.89. The Morgan fingerprint density at radius 1 is 0.875 bits per heavy atom. The van der Waals surface area contributed by atoms with Crippen LogP contribution in [0.4, 0.5) is 5.82 Å². The van der Waals surface area contributed by atoms with E-state index >= 15 is 0 Å². The van der Waals surface area contributed by atoms with E-state index in [0.29, 0.717) is 18.3 Å². The lowest BCUT2D eigenvalue weighted by atomic mass is 10.0. The molecule has 5 nitrogen and oxygen atoms in total. The van der Waals surface area contributed by atoms with Crippen LogP contribution >= 0.6 is 0 Å². The Morgan fingerprint density at radius 2 is 1.62 bits per heavy atom. The minimum absolute atomic E-state index is 0.387. The topological polar surface area (TPSA) is 55.1 Å². The van der Waals surface area contributed by atoms with Gasteiger partial charge < -0.3 is 5.32 Å². The van der Waals surface area contributed by atoms with Gasteiger partial charge in [-0.15, -0.1) is 5.10 Å². The van der Waals surface area contributed by atoms with E-state index in [9.17, 15) is 0 Å². The van der Waals surface area contributed by atoms with Crippen molar-refractivity contribution in [3.63, 3.8) is 0 Å². The summed E-state index contributed by atoms with van der Waals surface area (Å²) in [6.45, 7) is 5.00. The van der Waals surface area contributed by atoms with Crippen molar-refractivity contribution in [2.24, 2.45) is 0 Å². The molecule has 5 aromatic rings. The molecule has 32 heavy (non-hydrogen) atoms. The van der Waals surface area contributed by atoms with Gasteiger partial charge >= 0.3 is 0 Å². The summed E-state index contributed by atoms with van der Waals surface area (Å²) in [5, 5.41) is 8.39. The van der Waals surface area contributed by atoms with E-state index in [-0.39, 0.29) is 0 Å². The van der Waals surface area contributed by atoms with Crippen LogP contribution in [0.3, 0.4) is 0 Å². The molecule has 0 aliphatic heterocycles. The molecule has 3 heterocycles. The van der Waals surface area contributed by atoms with Gasteiger partial charge in [-0.3, -0.25) is 4.98 Å². The van der Waals surface area contributed by atoms with Crippen LogP contribution in [0.5, 0.6) is 0 Å². The monoisotopic (exact) mass is 419 g/mol. The van der Waals surface area contributed by atoms with Gasteiger partial charge in [0, 0.05) is 36.3 Å². The third-order valence-corrected chi connectivity index (χ3v) is 5.58. The van der Waals surface area contributed by atoms with Gasteiger partial charge in [0.1, 0.15) is 5.52 Å². The summed E-state index contributed by atoms with van der Waals surface area (Å²) in [7, 11) is 0. The van der Waals surface area contributed by atoms with Crippen molar-refractivity contribution in [2.75, 3.05) is 5.32 Å². The van der Waals surface area contributed by atoms with Crippen LogP contribution in [-0.4, -0.2) is 19.6 Å². The zero-order valence-corrected chi connectivity index (χ0v) is 18.2. The van der Waals surface area contributed by atoms with E-state index in [1.54, 1.807) is 0 Å². The Labute approximate surface area is 187 Å². The van der Waals surface area contributed by atoms with Crippen LogP contribution in [0.1, 0.15) is 30.9 Å². The van der Waals surface area contributed by atoms with Crippen LogP contribution in [-0.2, 0) is 6.54 Å². The number of pyridine rings is 1. The second-order valence-electron chi connectivity index (χ2n) is 8.17. The zero-order valence-electron chi connectivity index (χ0n) is 18.2. The summed E-state index contributed by atoms with van der Waals surface area (Å²) < 4.78 is 1.92. The summed E-state index contributed by atoms with van der Waals surface area (Å²) in [4.78, 5) is 9.39. The molecule has 0 saturated heterocycles. The highest BCUT2D eigenvalue weighted by Crippen LogP contribution is 2.31. The van der Waals surface area contributed by atoms with Crippen molar-refractivity contribution in [3.8, 4) is 22.5 Å². The normalized spacial score (nSPS) is 11.2. The Hall–Kier alpha value is -3.99. The smallest absolute Gasteiger partial charge is 0.183 e. The maximum atomic E-state index is 4.96. The number of fused-ring (bicyclic) bond motifs is 1. The number of anilines is 1. The average molecular weight is 420 g/mol. The summed E-state index contributed by atoms with van der Waals surface area (Å²) in [5.74, 6) is 1.84. The van der Waals surface area contributed by atoms with Crippen molar-refractivity contribution in [2.45, 2.75) is 26.3 Å². The van der Waals surface area contributed by atoms with Crippen LogP contribution in [0.2, 0.25) is 0 Å². The number of aromatic nitrogens is 4. The minimum Gasteiger partial charge on any atom is -0.364 e. The molecule has 0 atom stereocenters. The molecule has 5 heteroatoms. The molecule has 0 aliphatic carbocycles. The SMILES string of the molecule is CC(C)c1cncc(-c2nc(NCc3ccccc3)c3c(-c4ccccc4)ccn3n2)c1. The third kappa shape index (κ3) is 3.97. The fourth-order valence-electron chi connectivity index (χ4n) is 3.80. The average Bonchev–Trinajstić information content (AvgIpc) is 3.28. The molecule has 0 saturated carbocycles. The standard InChI is InChI=1S/C27H25N5/c1-19(2)22-15-23(18-28-17-22)26-30-27(29-16-20-9-5-3-6-10-20)25-24(13-14-32(25)31-26)21-11-7-4-8-12-21/h3-15,17-19H,16H2,1-2H3,(H,29,30,31). The Bertz CT molecular complexity index is 1340. The molecular weight excluding hydrogens is 394 g/mol. The van der Waals surface area contributed by atoms with Gasteiger partial charge in [0.25, 0.3) is 0 Å². The summed E-state index contributed by atoms with van der Waals surface area (Å²) in [6, 6.07) is 24.9. The molecule has 0 spiro atoms. The molecule has 0 unspecified atom stereocenters. The Morgan fingerprint density at radius 3 is 2.38 bits per heavy atom. The first-order valence-corrected chi connectivity index (χ1v) is 10.9. The van der Waals surface area contributed by atoms with Gasteiger partial charge in [0.15, 0.2) is 11.6 Å². The minimum atomic E-state index is 0.387. The van der Waals surface area contributed by atoms with E-state index in [1.807, 2.05) is 59.5 Å². The fourth-order valence-corrected chi connectivity index (χ4v) is 3.80. The van der Waals surface area contributed by atoms with Crippen molar-refractivity contribution < 1.29 is 0 Å². The zero-order chi connectivity index (χ0) is 21.9. The van der Waals surface area contributed by atoms with Gasteiger partial charge in [-0.2, -0.15) is 0 Å². The number of benzene rings is 2. The van der Waals surface area contributed by atoms with Gasteiger partial charge in [0.2, 0.25) is 0 Å². The van der Waals surface area contributed by atoms with E-state index in [4.69, 9.17) is 10.1 Å². The first kappa shape index (κ1) is 19.9. The molecule has 0 amide bonds. The van der Waals surface area contributed by atoms with Crippen LogP contribution in [0, 0.1) is 0 Å². The van der Waals surface area contributed by atoms with Gasteiger partial charge in [-0.05, 0) is 34.7 Å².